The van der Waals surface area contributed by atoms with E-state index < -0.39 is 21.9 Å². The first kappa shape index (κ1) is 13.7. The third kappa shape index (κ3) is 3.57. The van der Waals surface area contributed by atoms with Gasteiger partial charge < -0.3 is 10.1 Å². The molecular formula is C10H16N2O4S. The predicted octanol–water partition coefficient (Wildman–Crippen LogP) is 0.650. The van der Waals surface area contributed by atoms with Crippen LogP contribution in [-0.4, -0.2) is 31.0 Å². The van der Waals surface area contributed by atoms with Gasteiger partial charge in [0.05, 0.1) is 10.8 Å². The zero-order chi connectivity index (χ0) is 13.1. The first-order chi connectivity index (χ1) is 7.84. The Morgan fingerprint density at radius 1 is 1.53 bits per heavy atom. The summed E-state index contributed by atoms with van der Waals surface area (Å²) in [6.07, 6.45) is 2.83. The molecule has 0 fully saturated rings. The van der Waals surface area contributed by atoms with Crippen LogP contribution >= 0.6 is 0 Å². The highest BCUT2D eigenvalue weighted by molar-refractivity contribution is 7.89. The molecule has 3 N–H and O–H groups in total. The van der Waals surface area contributed by atoms with Crippen LogP contribution in [0.2, 0.25) is 0 Å². The molecule has 0 radical (unpaired) electrons. The standard InChI is InChI=1S/C10H16N2O4S/c1-7(2)9(10(13)14)6-12-17(15,16)8-3-4-11-5-8/h3-5,7,9,11-12H,6H2,1-2H3,(H,13,14). The molecule has 1 heterocycles. The van der Waals surface area contributed by atoms with Crippen LogP contribution in [0.3, 0.4) is 0 Å². The third-order valence-corrected chi connectivity index (χ3v) is 3.92. The second kappa shape index (κ2) is 5.33. The maximum Gasteiger partial charge on any atom is 0.308 e. The lowest BCUT2D eigenvalue weighted by molar-refractivity contribution is -0.142. The molecule has 1 atom stereocenters. The van der Waals surface area contributed by atoms with Gasteiger partial charge in [-0.1, -0.05) is 13.8 Å². The number of H-pyrrole nitrogens is 1. The second-order valence-electron chi connectivity index (χ2n) is 4.09. The van der Waals surface area contributed by atoms with Gasteiger partial charge in [-0.15, -0.1) is 0 Å². The minimum Gasteiger partial charge on any atom is -0.481 e. The summed E-state index contributed by atoms with van der Waals surface area (Å²) in [5.74, 6) is -1.87. The van der Waals surface area contributed by atoms with Crippen molar-refractivity contribution in [1.82, 2.24) is 9.71 Å². The van der Waals surface area contributed by atoms with Crippen molar-refractivity contribution >= 4 is 16.0 Å². The highest BCUT2D eigenvalue weighted by Crippen LogP contribution is 2.12. The van der Waals surface area contributed by atoms with E-state index in [2.05, 4.69) is 9.71 Å². The summed E-state index contributed by atoms with van der Waals surface area (Å²) in [6, 6.07) is 1.41. The summed E-state index contributed by atoms with van der Waals surface area (Å²) in [5.41, 5.74) is 0. The average molecular weight is 260 g/mol. The summed E-state index contributed by atoms with van der Waals surface area (Å²) >= 11 is 0. The molecule has 0 saturated carbocycles. The topological polar surface area (TPSA) is 99.3 Å². The molecule has 1 aromatic heterocycles. The Balaban J connectivity index is 2.70. The van der Waals surface area contributed by atoms with Crippen molar-refractivity contribution in [1.29, 1.82) is 0 Å². The normalized spacial score (nSPS) is 13.8. The summed E-state index contributed by atoms with van der Waals surface area (Å²) in [5, 5.41) is 8.93. The number of hydrogen-bond acceptors (Lipinski definition) is 3. The molecule has 0 aliphatic carbocycles. The van der Waals surface area contributed by atoms with Crippen molar-refractivity contribution in [2.75, 3.05) is 6.54 Å². The fourth-order valence-corrected chi connectivity index (χ4v) is 2.40. The molecule has 0 aliphatic rings. The van der Waals surface area contributed by atoms with Gasteiger partial charge in [-0.05, 0) is 12.0 Å². The van der Waals surface area contributed by atoms with E-state index >= 15 is 0 Å². The number of aliphatic carboxylic acids is 1. The van der Waals surface area contributed by atoms with Crippen molar-refractivity contribution in [3.63, 3.8) is 0 Å². The maximum absolute atomic E-state index is 11.7. The lowest BCUT2D eigenvalue weighted by atomic mass is 9.97. The molecule has 0 aromatic carbocycles. The number of sulfonamides is 1. The van der Waals surface area contributed by atoms with Crippen molar-refractivity contribution in [3.05, 3.63) is 18.5 Å². The number of aromatic nitrogens is 1. The zero-order valence-electron chi connectivity index (χ0n) is 9.67. The predicted molar refractivity (Wildman–Crippen MR) is 61.9 cm³/mol. The fraction of sp³-hybridized carbons (Fsp3) is 0.500. The smallest absolute Gasteiger partial charge is 0.308 e. The molecule has 7 heteroatoms. The van der Waals surface area contributed by atoms with Crippen LogP contribution in [0.5, 0.6) is 0 Å². The molecule has 0 amide bonds. The van der Waals surface area contributed by atoms with Crippen molar-refractivity contribution in [2.24, 2.45) is 11.8 Å². The molecule has 1 unspecified atom stereocenters. The first-order valence-electron chi connectivity index (χ1n) is 5.20. The zero-order valence-corrected chi connectivity index (χ0v) is 10.5. The highest BCUT2D eigenvalue weighted by atomic mass is 32.2. The van der Waals surface area contributed by atoms with E-state index in [0.29, 0.717) is 0 Å². The van der Waals surface area contributed by atoms with Gasteiger partial charge in [-0.2, -0.15) is 0 Å². The van der Waals surface area contributed by atoms with E-state index in [1.165, 1.54) is 18.5 Å². The van der Waals surface area contributed by atoms with E-state index in [9.17, 15) is 13.2 Å². The minimum absolute atomic E-state index is 0.102. The van der Waals surface area contributed by atoms with Crippen LogP contribution in [0.25, 0.3) is 0 Å². The Bertz CT molecular complexity index is 465. The largest absolute Gasteiger partial charge is 0.481 e. The Morgan fingerprint density at radius 2 is 2.18 bits per heavy atom. The van der Waals surface area contributed by atoms with E-state index in [4.69, 9.17) is 5.11 Å². The SMILES string of the molecule is CC(C)C(CNS(=O)(=O)c1cc[nH]c1)C(=O)O. The van der Waals surface area contributed by atoms with Gasteiger partial charge >= 0.3 is 5.97 Å². The molecule has 6 nitrogen and oxygen atoms in total. The van der Waals surface area contributed by atoms with E-state index in [1.807, 2.05) is 0 Å². The van der Waals surface area contributed by atoms with Crippen LogP contribution in [0.1, 0.15) is 13.8 Å². The Labute approximate surface area is 100 Å². The monoisotopic (exact) mass is 260 g/mol. The Kier molecular flexibility index (Phi) is 4.30. The summed E-state index contributed by atoms with van der Waals surface area (Å²) in [4.78, 5) is 13.6. The van der Waals surface area contributed by atoms with Crippen LogP contribution in [-0.2, 0) is 14.8 Å². The van der Waals surface area contributed by atoms with Gasteiger partial charge in [0.15, 0.2) is 0 Å². The number of hydrogen-bond donors (Lipinski definition) is 3. The fourth-order valence-electron chi connectivity index (χ4n) is 1.37. The Morgan fingerprint density at radius 3 is 2.59 bits per heavy atom. The van der Waals surface area contributed by atoms with Crippen LogP contribution < -0.4 is 4.72 Å². The number of aromatic amines is 1. The van der Waals surface area contributed by atoms with Crippen molar-refractivity contribution in [2.45, 2.75) is 18.7 Å². The number of carboxylic acid groups (broad SMARTS) is 1. The van der Waals surface area contributed by atoms with Crippen LogP contribution in [0.15, 0.2) is 23.4 Å². The summed E-state index contributed by atoms with van der Waals surface area (Å²) in [7, 11) is -3.62. The van der Waals surface area contributed by atoms with Crippen molar-refractivity contribution < 1.29 is 18.3 Å². The summed E-state index contributed by atoms with van der Waals surface area (Å²) < 4.78 is 25.7. The molecular weight excluding hydrogens is 244 g/mol. The maximum atomic E-state index is 11.7. The molecule has 0 aliphatic heterocycles. The average Bonchev–Trinajstić information content (AvgIpc) is 2.69. The number of nitrogens with one attached hydrogen (secondary N) is 2. The third-order valence-electron chi connectivity index (χ3n) is 2.49. The van der Waals surface area contributed by atoms with Gasteiger partial charge in [0.1, 0.15) is 0 Å². The van der Waals surface area contributed by atoms with Gasteiger partial charge in [-0.25, -0.2) is 13.1 Å². The number of rotatable bonds is 6. The minimum atomic E-state index is -3.62. The first-order valence-corrected chi connectivity index (χ1v) is 6.68. The highest BCUT2D eigenvalue weighted by Gasteiger charge is 2.24. The Hall–Kier alpha value is -1.34. The lowest BCUT2D eigenvalue weighted by Gasteiger charge is -2.16. The van der Waals surface area contributed by atoms with Crippen LogP contribution in [0, 0.1) is 11.8 Å². The summed E-state index contributed by atoms with van der Waals surface area (Å²) in [6.45, 7) is 3.37. The molecule has 0 bridgehead atoms. The molecule has 0 spiro atoms. The number of carbonyl (C=O) groups is 1. The second-order valence-corrected chi connectivity index (χ2v) is 5.85. The molecule has 0 saturated heterocycles. The van der Waals surface area contributed by atoms with Gasteiger partial charge in [-0.3, -0.25) is 4.79 Å². The quantitative estimate of drug-likeness (QED) is 0.699. The van der Waals surface area contributed by atoms with Crippen molar-refractivity contribution in [3.8, 4) is 0 Å². The number of carboxylic acids is 1. The van der Waals surface area contributed by atoms with E-state index in [1.54, 1.807) is 13.8 Å². The molecule has 17 heavy (non-hydrogen) atoms. The van der Waals surface area contributed by atoms with E-state index in [-0.39, 0.29) is 17.4 Å². The van der Waals surface area contributed by atoms with Gasteiger partial charge in [0.2, 0.25) is 10.0 Å². The molecule has 96 valence electrons. The van der Waals surface area contributed by atoms with E-state index in [0.717, 1.165) is 0 Å². The van der Waals surface area contributed by atoms with Gasteiger partial charge in [0.25, 0.3) is 0 Å². The molecule has 1 rings (SSSR count). The lowest BCUT2D eigenvalue weighted by Crippen LogP contribution is -2.35. The van der Waals surface area contributed by atoms with Crippen LogP contribution in [0.4, 0.5) is 0 Å². The van der Waals surface area contributed by atoms with Gasteiger partial charge in [0, 0.05) is 18.9 Å². The molecule has 1 aromatic rings.